The van der Waals surface area contributed by atoms with Gasteiger partial charge >= 0.3 is 0 Å². The quantitative estimate of drug-likeness (QED) is 0.807. The Labute approximate surface area is 101 Å². The predicted octanol–water partition coefficient (Wildman–Crippen LogP) is 2.22. The van der Waals surface area contributed by atoms with Crippen molar-refractivity contribution < 1.29 is 9.63 Å². The molecule has 2 saturated carbocycles. The van der Waals surface area contributed by atoms with Crippen molar-refractivity contribution >= 4 is 5.78 Å². The first-order valence-electron chi connectivity index (χ1n) is 6.27. The van der Waals surface area contributed by atoms with Gasteiger partial charge in [0.25, 0.3) is 0 Å². The van der Waals surface area contributed by atoms with E-state index in [1.807, 2.05) is 18.2 Å². The summed E-state index contributed by atoms with van der Waals surface area (Å²) in [4.78, 5) is 17.2. The molecule has 90 valence electrons. The largest absolute Gasteiger partial charge is 0.299 e. The fourth-order valence-corrected chi connectivity index (χ4v) is 2.75. The SMILES string of the molecule is O=C1CC(ONCc2ccccc2)C12CCC2. The first-order valence-corrected chi connectivity index (χ1v) is 6.27. The number of benzene rings is 1. The number of rotatable bonds is 4. The molecule has 2 fully saturated rings. The second-order valence-electron chi connectivity index (χ2n) is 5.05. The van der Waals surface area contributed by atoms with E-state index >= 15 is 0 Å². The minimum Gasteiger partial charge on any atom is -0.299 e. The molecule has 0 amide bonds. The van der Waals surface area contributed by atoms with Crippen LogP contribution in [0, 0.1) is 5.41 Å². The van der Waals surface area contributed by atoms with Crippen molar-refractivity contribution in [3.63, 3.8) is 0 Å². The average Bonchev–Trinajstić information content (AvgIpc) is 2.27. The van der Waals surface area contributed by atoms with Crippen molar-refractivity contribution in [3.8, 4) is 0 Å². The molecule has 3 nitrogen and oxygen atoms in total. The maximum Gasteiger partial charge on any atom is 0.144 e. The van der Waals surface area contributed by atoms with Crippen LogP contribution in [0.5, 0.6) is 0 Å². The minimum atomic E-state index is -0.107. The van der Waals surface area contributed by atoms with Gasteiger partial charge in [0.15, 0.2) is 0 Å². The molecule has 2 aliphatic carbocycles. The Morgan fingerprint density at radius 1 is 1.29 bits per heavy atom. The molecular formula is C14H17NO2. The van der Waals surface area contributed by atoms with Crippen LogP contribution in [0.2, 0.25) is 0 Å². The van der Waals surface area contributed by atoms with Crippen molar-refractivity contribution in [1.82, 2.24) is 5.48 Å². The Kier molecular flexibility index (Phi) is 2.73. The summed E-state index contributed by atoms with van der Waals surface area (Å²) in [5, 5.41) is 0. The smallest absolute Gasteiger partial charge is 0.144 e. The summed E-state index contributed by atoms with van der Waals surface area (Å²) in [5.74, 6) is 0.398. The molecular weight excluding hydrogens is 214 g/mol. The predicted molar refractivity (Wildman–Crippen MR) is 64.1 cm³/mol. The molecule has 17 heavy (non-hydrogen) atoms. The van der Waals surface area contributed by atoms with Crippen molar-refractivity contribution in [2.45, 2.75) is 38.3 Å². The van der Waals surface area contributed by atoms with E-state index in [0.717, 1.165) is 12.8 Å². The highest BCUT2D eigenvalue weighted by atomic mass is 16.7. The number of carbonyl (C=O) groups is 1. The Morgan fingerprint density at radius 3 is 2.65 bits per heavy atom. The van der Waals surface area contributed by atoms with E-state index < -0.39 is 0 Å². The van der Waals surface area contributed by atoms with Crippen molar-refractivity contribution in [1.29, 1.82) is 0 Å². The molecule has 0 aliphatic heterocycles. The first kappa shape index (κ1) is 10.9. The summed E-state index contributed by atoms with van der Waals surface area (Å²) >= 11 is 0. The molecule has 1 unspecified atom stereocenters. The van der Waals surface area contributed by atoms with Crippen molar-refractivity contribution in [2.24, 2.45) is 5.41 Å². The molecule has 1 N–H and O–H groups in total. The Balaban J connectivity index is 1.48. The number of hydroxylamine groups is 1. The van der Waals surface area contributed by atoms with E-state index in [0.29, 0.717) is 18.7 Å². The van der Waals surface area contributed by atoms with Crippen LogP contribution in [0.3, 0.4) is 0 Å². The van der Waals surface area contributed by atoms with Gasteiger partial charge < -0.3 is 0 Å². The third-order valence-electron chi connectivity index (χ3n) is 4.13. The van der Waals surface area contributed by atoms with Crippen LogP contribution in [0.15, 0.2) is 30.3 Å². The van der Waals surface area contributed by atoms with Gasteiger partial charge in [0, 0.05) is 13.0 Å². The number of ketones is 1. The van der Waals surface area contributed by atoms with E-state index in [1.165, 1.54) is 12.0 Å². The second kappa shape index (κ2) is 4.24. The van der Waals surface area contributed by atoms with Gasteiger partial charge in [-0.25, -0.2) is 0 Å². The van der Waals surface area contributed by atoms with Crippen molar-refractivity contribution in [3.05, 3.63) is 35.9 Å². The van der Waals surface area contributed by atoms with Crippen LogP contribution in [-0.4, -0.2) is 11.9 Å². The highest BCUT2D eigenvalue weighted by Gasteiger charge is 2.59. The molecule has 1 atom stereocenters. The lowest BCUT2D eigenvalue weighted by Crippen LogP contribution is -2.60. The van der Waals surface area contributed by atoms with E-state index in [-0.39, 0.29) is 11.5 Å². The lowest BCUT2D eigenvalue weighted by atomic mass is 9.53. The van der Waals surface area contributed by atoms with Crippen LogP contribution in [0.25, 0.3) is 0 Å². The summed E-state index contributed by atoms with van der Waals surface area (Å²) in [6, 6.07) is 10.1. The zero-order valence-electron chi connectivity index (χ0n) is 9.82. The van der Waals surface area contributed by atoms with Gasteiger partial charge in [-0.2, -0.15) is 5.48 Å². The fourth-order valence-electron chi connectivity index (χ4n) is 2.75. The van der Waals surface area contributed by atoms with Gasteiger partial charge in [-0.3, -0.25) is 9.63 Å². The highest BCUT2D eigenvalue weighted by Crippen LogP contribution is 2.54. The minimum absolute atomic E-state index is 0.104. The Morgan fingerprint density at radius 2 is 2.06 bits per heavy atom. The van der Waals surface area contributed by atoms with Gasteiger partial charge in [-0.1, -0.05) is 36.8 Å². The normalized spacial score (nSPS) is 25.4. The van der Waals surface area contributed by atoms with E-state index in [9.17, 15) is 4.79 Å². The number of hydrogen-bond acceptors (Lipinski definition) is 3. The first-order chi connectivity index (χ1) is 8.31. The maximum atomic E-state index is 11.6. The molecule has 0 heterocycles. The zero-order chi connectivity index (χ0) is 11.7. The van der Waals surface area contributed by atoms with Crippen LogP contribution in [-0.2, 0) is 16.2 Å². The number of Topliss-reactive ketones (excluding diaryl/α,β-unsaturated/α-hetero) is 1. The van der Waals surface area contributed by atoms with Gasteiger partial charge in [-0.15, -0.1) is 0 Å². The lowest BCUT2D eigenvalue weighted by Gasteiger charge is -2.52. The third-order valence-corrected chi connectivity index (χ3v) is 4.13. The maximum absolute atomic E-state index is 11.6. The van der Waals surface area contributed by atoms with Crippen LogP contribution in [0.1, 0.15) is 31.2 Å². The number of carbonyl (C=O) groups excluding carboxylic acids is 1. The van der Waals surface area contributed by atoms with Crippen LogP contribution in [0.4, 0.5) is 0 Å². The molecule has 0 aromatic heterocycles. The molecule has 0 radical (unpaired) electrons. The van der Waals surface area contributed by atoms with Crippen LogP contribution < -0.4 is 5.48 Å². The topological polar surface area (TPSA) is 38.3 Å². The van der Waals surface area contributed by atoms with Gasteiger partial charge in [0.05, 0.1) is 11.5 Å². The summed E-state index contributed by atoms with van der Waals surface area (Å²) in [6.45, 7) is 0.696. The zero-order valence-corrected chi connectivity index (χ0v) is 9.82. The van der Waals surface area contributed by atoms with Crippen molar-refractivity contribution in [2.75, 3.05) is 0 Å². The molecule has 1 aromatic carbocycles. The van der Waals surface area contributed by atoms with Gasteiger partial charge in [-0.05, 0) is 18.4 Å². The summed E-state index contributed by atoms with van der Waals surface area (Å²) in [5.41, 5.74) is 4.08. The summed E-state index contributed by atoms with van der Waals surface area (Å²) < 4.78 is 0. The Hall–Kier alpha value is -1.19. The molecule has 3 rings (SSSR count). The summed E-state index contributed by atoms with van der Waals surface area (Å²) in [7, 11) is 0. The molecule has 1 aromatic rings. The number of hydrogen-bond donors (Lipinski definition) is 1. The van der Waals surface area contributed by atoms with E-state index in [4.69, 9.17) is 4.84 Å². The standard InChI is InChI=1S/C14H17NO2/c16-12-9-13(14(12)7-4-8-14)17-15-10-11-5-2-1-3-6-11/h1-3,5-6,13,15H,4,7-10H2. The monoisotopic (exact) mass is 231 g/mol. The van der Waals surface area contributed by atoms with Gasteiger partial charge in [0.2, 0.25) is 0 Å². The van der Waals surface area contributed by atoms with E-state index in [1.54, 1.807) is 0 Å². The highest BCUT2D eigenvalue weighted by molar-refractivity contribution is 5.93. The number of nitrogens with one attached hydrogen (secondary N) is 1. The molecule has 3 heteroatoms. The second-order valence-corrected chi connectivity index (χ2v) is 5.05. The lowest BCUT2D eigenvalue weighted by molar-refractivity contribution is -0.191. The van der Waals surface area contributed by atoms with Gasteiger partial charge in [0.1, 0.15) is 5.78 Å². The fraction of sp³-hybridized carbons (Fsp3) is 0.500. The third kappa shape index (κ3) is 1.79. The molecule has 1 spiro atoms. The average molecular weight is 231 g/mol. The molecule has 0 bridgehead atoms. The summed E-state index contributed by atoms with van der Waals surface area (Å²) in [6.07, 6.45) is 3.89. The molecule has 2 aliphatic rings. The molecule has 0 saturated heterocycles. The Bertz CT molecular complexity index is 411. The van der Waals surface area contributed by atoms with E-state index in [2.05, 4.69) is 17.6 Å². The van der Waals surface area contributed by atoms with Crippen LogP contribution >= 0.6 is 0 Å².